The monoisotopic (exact) mass is 300 g/mol. The second-order valence-electron chi connectivity index (χ2n) is 4.98. The van der Waals surface area contributed by atoms with Gasteiger partial charge < -0.3 is 10.4 Å². The maximum atomic E-state index is 11.8. The molecule has 0 aliphatic carbocycles. The summed E-state index contributed by atoms with van der Waals surface area (Å²) in [5.74, 6) is -0.315. The molecule has 0 saturated heterocycles. The number of hydrogen-bond donors (Lipinski definition) is 3. The van der Waals surface area contributed by atoms with Crippen molar-refractivity contribution in [2.24, 2.45) is 0 Å². The quantitative estimate of drug-likeness (QED) is 0.729. The molecular formula is C13H20N2O4S. The number of rotatable bonds is 6. The highest BCUT2D eigenvalue weighted by atomic mass is 32.2. The molecule has 0 aliphatic rings. The molecule has 0 bridgehead atoms. The number of sulfonamides is 1. The highest BCUT2D eigenvalue weighted by Gasteiger charge is 2.18. The molecule has 0 fully saturated rings. The third-order valence-corrected chi connectivity index (χ3v) is 3.45. The Hall–Kier alpha value is -1.60. The predicted molar refractivity (Wildman–Crippen MR) is 78.2 cm³/mol. The van der Waals surface area contributed by atoms with Crippen molar-refractivity contribution in [3.63, 3.8) is 0 Å². The summed E-state index contributed by atoms with van der Waals surface area (Å²) in [7, 11) is -3.33. The average Bonchev–Trinajstić information content (AvgIpc) is 2.35. The topological polar surface area (TPSA) is 95.5 Å². The fourth-order valence-electron chi connectivity index (χ4n) is 1.40. The zero-order valence-electron chi connectivity index (χ0n) is 11.8. The van der Waals surface area contributed by atoms with E-state index in [1.54, 1.807) is 6.92 Å². The van der Waals surface area contributed by atoms with Crippen molar-refractivity contribution < 1.29 is 18.3 Å². The summed E-state index contributed by atoms with van der Waals surface area (Å²) in [6.45, 7) is 3.63. The number of benzene rings is 1. The first kappa shape index (κ1) is 16.5. The van der Waals surface area contributed by atoms with Gasteiger partial charge in [0.15, 0.2) is 0 Å². The fourth-order valence-corrected chi connectivity index (χ4v) is 1.97. The summed E-state index contributed by atoms with van der Waals surface area (Å²) in [5, 5.41) is 12.4. The van der Waals surface area contributed by atoms with Gasteiger partial charge in [-0.3, -0.25) is 9.52 Å². The van der Waals surface area contributed by atoms with Crippen molar-refractivity contribution >= 4 is 21.6 Å². The number of carbonyl (C=O) groups is 1. The van der Waals surface area contributed by atoms with Crippen molar-refractivity contribution in [2.45, 2.75) is 25.9 Å². The molecule has 0 aliphatic heterocycles. The van der Waals surface area contributed by atoms with E-state index < -0.39 is 15.6 Å². The first-order valence-corrected chi connectivity index (χ1v) is 8.10. The van der Waals surface area contributed by atoms with Gasteiger partial charge in [0.2, 0.25) is 10.0 Å². The molecule has 0 heterocycles. The van der Waals surface area contributed by atoms with Crippen LogP contribution in [0.4, 0.5) is 5.69 Å². The molecule has 20 heavy (non-hydrogen) atoms. The molecule has 0 aromatic heterocycles. The Morgan fingerprint density at radius 3 is 2.30 bits per heavy atom. The number of nitrogens with one attached hydrogen (secondary N) is 2. The van der Waals surface area contributed by atoms with E-state index in [2.05, 4.69) is 10.0 Å². The van der Waals surface area contributed by atoms with Crippen LogP contribution in [-0.4, -0.2) is 37.8 Å². The Morgan fingerprint density at radius 1 is 1.30 bits per heavy atom. The summed E-state index contributed by atoms with van der Waals surface area (Å²) in [6.07, 6.45) is 1.59. The zero-order chi connectivity index (χ0) is 15.4. The molecule has 0 spiro atoms. The Kier molecular flexibility index (Phi) is 5.13. The minimum Gasteiger partial charge on any atom is -0.388 e. The summed E-state index contributed by atoms with van der Waals surface area (Å²) in [5.41, 5.74) is -0.145. The van der Waals surface area contributed by atoms with Crippen LogP contribution in [0.2, 0.25) is 0 Å². The van der Waals surface area contributed by atoms with Crippen LogP contribution in [0.1, 0.15) is 30.6 Å². The largest absolute Gasteiger partial charge is 0.388 e. The molecule has 0 radical (unpaired) electrons. The number of amides is 1. The lowest BCUT2D eigenvalue weighted by molar-refractivity contribution is 0.0518. The number of hydrogen-bond acceptors (Lipinski definition) is 4. The Morgan fingerprint density at radius 2 is 1.85 bits per heavy atom. The van der Waals surface area contributed by atoms with Crippen molar-refractivity contribution in [1.29, 1.82) is 0 Å². The van der Waals surface area contributed by atoms with Crippen LogP contribution < -0.4 is 10.0 Å². The summed E-state index contributed by atoms with van der Waals surface area (Å²) < 4.78 is 24.4. The van der Waals surface area contributed by atoms with Crippen LogP contribution in [0.3, 0.4) is 0 Å². The molecule has 0 saturated carbocycles. The lowest BCUT2D eigenvalue weighted by atomic mass is 10.0. The summed E-state index contributed by atoms with van der Waals surface area (Å²) in [6, 6.07) is 6.05. The van der Waals surface area contributed by atoms with E-state index in [0.717, 1.165) is 6.26 Å². The molecule has 1 aromatic rings. The van der Waals surface area contributed by atoms with Crippen LogP contribution in [0.25, 0.3) is 0 Å². The lowest BCUT2D eigenvalue weighted by Crippen LogP contribution is -2.40. The molecule has 1 atom stereocenters. The zero-order valence-corrected chi connectivity index (χ0v) is 12.6. The van der Waals surface area contributed by atoms with Crippen molar-refractivity contribution in [2.75, 3.05) is 17.5 Å². The third kappa shape index (κ3) is 5.58. The number of aliphatic hydroxyl groups is 1. The number of carbonyl (C=O) groups excluding carboxylic acids is 1. The maximum Gasteiger partial charge on any atom is 0.251 e. The van der Waals surface area contributed by atoms with Crippen LogP contribution in [0, 0.1) is 0 Å². The smallest absolute Gasteiger partial charge is 0.251 e. The van der Waals surface area contributed by atoms with E-state index in [4.69, 9.17) is 0 Å². The van der Waals surface area contributed by atoms with Crippen LogP contribution >= 0.6 is 0 Å². The van der Waals surface area contributed by atoms with Crippen LogP contribution in [0.5, 0.6) is 0 Å². The highest BCUT2D eigenvalue weighted by molar-refractivity contribution is 7.92. The second kappa shape index (κ2) is 6.23. The van der Waals surface area contributed by atoms with E-state index in [9.17, 15) is 18.3 Å². The second-order valence-corrected chi connectivity index (χ2v) is 6.73. The molecule has 1 rings (SSSR count). The first-order valence-electron chi connectivity index (χ1n) is 6.21. The Balaban J connectivity index is 2.67. The van der Waals surface area contributed by atoms with Crippen molar-refractivity contribution in [1.82, 2.24) is 5.32 Å². The minimum absolute atomic E-state index is 0.158. The van der Waals surface area contributed by atoms with Gasteiger partial charge in [0.25, 0.3) is 5.91 Å². The van der Waals surface area contributed by atoms with Gasteiger partial charge in [-0.05, 0) is 37.6 Å². The SMILES string of the molecule is CCC(C)(O)CNC(=O)c1ccc(NS(C)(=O)=O)cc1. The molecule has 6 nitrogen and oxygen atoms in total. The lowest BCUT2D eigenvalue weighted by Gasteiger charge is -2.21. The third-order valence-electron chi connectivity index (χ3n) is 2.84. The van der Waals surface area contributed by atoms with Gasteiger partial charge in [-0.25, -0.2) is 8.42 Å². The van der Waals surface area contributed by atoms with E-state index in [0.29, 0.717) is 17.7 Å². The van der Waals surface area contributed by atoms with E-state index in [1.165, 1.54) is 24.3 Å². The summed E-state index contributed by atoms with van der Waals surface area (Å²) in [4.78, 5) is 11.8. The molecule has 7 heteroatoms. The van der Waals surface area contributed by atoms with Gasteiger partial charge in [-0.15, -0.1) is 0 Å². The first-order chi connectivity index (χ1) is 9.13. The highest BCUT2D eigenvalue weighted by Crippen LogP contribution is 2.11. The molecule has 1 unspecified atom stereocenters. The Bertz CT molecular complexity index is 565. The van der Waals surface area contributed by atoms with E-state index in [-0.39, 0.29) is 12.5 Å². The van der Waals surface area contributed by atoms with E-state index in [1.807, 2.05) is 6.92 Å². The molecule has 112 valence electrons. The minimum atomic E-state index is -3.33. The van der Waals surface area contributed by atoms with Crippen LogP contribution in [0.15, 0.2) is 24.3 Å². The maximum absolute atomic E-state index is 11.8. The molecular weight excluding hydrogens is 280 g/mol. The van der Waals surface area contributed by atoms with Crippen LogP contribution in [-0.2, 0) is 10.0 Å². The van der Waals surface area contributed by atoms with Gasteiger partial charge in [0.05, 0.1) is 11.9 Å². The van der Waals surface area contributed by atoms with Gasteiger partial charge in [0.1, 0.15) is 0 Å². The van der Waals surface area contributed by atoms with Gasteiger partial charge >= 0.3 is 0 Å². The van der Waals surface area contributed by atoms with Crippen molar-refractivity contribution in [3.05, 3.63) is 29.8 Å². The normalized spacial score (nSPS) is 14.4. The molecule has 3 N–H and O–H groups in total. The predicted octanol–water partition coefficient (Wildman–Crippen LogP) is 0.949. The molecule has 1 aromatic carbocycles. The van der Waals surface area contributed by atoms with Crippen molar-refractivity contribution in [3.8, 4) is 0 Å². The van der Waals surface area contributed by atoms with Gasteiger partial charge in [0, 0.05) is 17.8 Å². The number of anilines is 1. The van der Waals surface area contributed by atoms with E-state index >= 15 is 0 Å². The summed E-state index contributed by atoms with van der Waals surface area (Å²) >= 11 is 0. The Labute approximate surface area is 119 Å². The van der Waals surface area contributed by atoms with Gasteiger partial charge in [-0.1, -0.05) is 6.92 Å². The fraction of sp³-hybridized carbons (Fsp3) is 0.462. The standard InChI is InChI=1S/C13H20N2O4S/c1-4-13(2,17)9-14-12(16)10-5-7-11(8-6-10)15-20(3,18)19/h5-8,15,17H,4,9H2,1-3H3,(H,14,16). The molecule has 1 amide bonds. The van der Waals surface area contributed by atoms with Gasteiger partial charge in [-0.2, -0.15) is 0 Å². The average molecular weight is 300 g/mol.